The lowest BCUT2D eigenvalue weighted by Gasteiger charge is -2.25. The Morgan fingerprint density at radius 3 is 2.95 bits per heavy atom. The normalized spacial score (nSPS) is 19.3. The Hall–Kier alpha value is -0.690. The first-order valence-electron chi connectivity index (χ1n) is 7.75. The van der Waals surface area contributed by atoms with Gasteiger partial charge >= 0.3 is 0 Å². The van der Waals surface area contributed by atoms with Crippen LogP contribution in [0.15, 0.2) is 0 Å². The van der Waals surface area contributed by atoms with Gasteiger partial charge in [0.05, 0.1) is 12.3 Å². The van der Waals surface area contributed by atoms with Gasteiger partial charge in [0.1, 0.15) is 0 Å². The average Bonchev–Trinajstić information content (AvgIpc) is 3.04. The largest absolute Gasteiger partial charge is 0.378 e. The number of thiazole rings is 1. The van der Waals surface area contributed by atoms with Gasteiger partial charge in [0.25, 0.3) is 0 Å². The molecule has 1 fully saturated rings. The third-order valence-corrected chi connectivity index (χ3v) is 5.28. The van der Waals surface area contributed by atoms with E-state index in [0.29, 0.717) is 12.6 Å². The van der Waals surface area contributed by atoms with E-state index >= 15 is 0 Å². The molecule has 0 amide bonds. The Kier molecular flexibility index (Phi) is 6.41. The quantitative estimate of drug-likeness (QED) is 0.794. The van der Waals surface area contributed by atoms with Crippen LogP contribution in [0.3, 0.4) is 0 Å². The second kappa shape index (κ2) is 8.08. The number of aromatic nitrogens is 1. The molecule has 0 saturated carbocycles. The van der Waals surface area contributed by atoms with Crippen molar-refractivity contribution in [3.63, 3.8) is 0 Å². The van der Waals surface area contributed by atoms with Crippen molar-refractivity contribution >= 4 is 16.5 Å². The van der Waals surface area contributed by atoms with Crippen LogP contribution < -0.4 is 10.2 Å². The fraction of sp³-hybridized carbons (Fsp3) is 0.800. The van der Waals surface area contributed by atoms with E-state index in [1.54, 1.807) is 18.4 Å². The van der Waals surface area contributed by atoms with Crippen LogP contribution in [0.5, 0.6) is 0 Å². The zero-order valence-electron chi connectivity index (χ0n) is 13.7. The molecule has 120 valence electrons. The molecule has 1 aromatic rings. The fourth-order valence-corrected chi connectivity index (χ4v) is 3.77. The number of ether oxygens (including phenoxy) is 1. The maximum absolute atomic E-state index is 5.28. The lowest BCUT2D eigenvalue weighted by Crippen LogP contribution is -2.36. The van der Waals surface area contributed by atoms with Gasteiger partial charge in [0.15, 0.2) is 5.13 Å². The van der Waals surface area contributed by atoms with E-state index in [-0.39, 0.29) is 0 Å². The van der Waals surface area contributed by atoms with Crippen LogP contribution in [-0.4, -0.2) is 56.8 Å². The highest BCUT2D eigenvalue weighted by atomic mass is 32.1. The molecule has 0 radical (unpaired) electrons. The van der Waals surface area contributed by atoms with Gasteiger partial charge in [-0.3, -0.25) is 0 Å². The van der Waals surface area contributed by atoms with Crippen LogP contribution in [0, 0.1) is 0 Å². The minimum Gasteiger partial charge on any atom is -0.378 e. The molecule has 0 bridgehead atoms. The minimum absolute atomic E-state index is 0.592. The summed E-state index contributed by atoms with van der Waals surface area (Å²) in [5, 5.41) is 4.49. The number of nitrogens with one attached hydrogen (secondary N) is 1. The molecular formula is C15H28N4OS. The third kappa shape index (κ3) is 4.39. The number of nitrogens with zero attached hydrogens (tertiary/aromatic N) is 3. The van der Waals surface area contributed by atoms with E-state index < -0.39 is 0 Å². The molecule has 1 N–H and O–H groups in total. The highest BCUT2D eigenvalue weighted by molar-refractivity contribution is 7.15. The molecule has 21 heavy (non-hydrogen) atoms. The van der Waals surface area contributed by atoms with Crippen LogP contribution in [-0.2, 0) is 17.9 Å². The van der Waals surface area contributed by atoms with Gasteiger partial charge in [-0.25, -0.2) is 4.98 Å². The molecule has 1 aromatic heterocycles. The van der Waals surface area contributed by atoms with Crippen LogP contribution in [0.25, 0.3) is 0 Å². The Morgan fingerprint density at radius 1 is 1.52 bits per heavy atom. The molecule has 1 unspecified atom stereocenters. The number of methoxy groups -OCH3 is 1. The first-order chi connectivity index (χ1) is 10.2. The topological polar surface area (TPSA) is 40.6 Å². The third-order valence-electron chi connectivity index (χ3n) is 4.07. The predicted molar refractivity (Wildman–Crippen MR) is 89.1 cm³/mol. The molecule has 1 aliphatic rings. The van der Waals surface area contributed by atoms with Gasteiger partial charge in [-0.15, -0.1) is 11.3 Å². The number of likely N-dealkylation sites (tertiary alicyclic amines) is 1. The van der Waals surface area contributed by atoms with Crippen LogP contribution in [0.2, 0.25) is 0 Å². The molecule has 1 aliphatic heterocycles. The number of hydrogen-bond acceptors (Lipinski definition) is 6. The average molecular weight is 312 g/mol. The van der Waals surface area contributed by atoms with Crippen molar-refractivity contribution in [1.29, 1.82) is 0 Å². The van der Waals surface area contributed by atoms with E-state index in [1.807, 2.05) is 0 Å². The molecule has 6 heteroatoms. The Balaban J connectivity index is 2.03. The molecule has 0 aromatic carbocycles. The van der Waals surface area contributed by atoms with Gasteiger partial charge in [-0.2, -0.15) is 0 Å². The Morgan fingerprint density at radius 2 is 2.33 bits per heavy atom. The number of likely N-dealkylation sites (N-methyl/N-ethyl adjacent to an activating group) is 2. The lowest BCUT2D eigenvalue weighted by molar-refractivity contribution is 0.181. The summed E-state index contributed by atoms with van der Waals surface area (Å²) in [7, 11) is 6.10. The van der Waals surface area contributed by atoms with E-state index in [1.165, 1.54) is 24.3 Å². The van der Waals surface area contributed by atoms with Crippen molar-refractivity contribution in [2.45, 2.75) is 39.0 Å². The van der Waals surface area contributed by atoms with Crippen molar-refractivity contribution in [2.75, 3.05) is 45.7 Å². The van der Waals surface area contributed by atoms with E-state index in [9.17, 15) is 0 Å². The van der Waals surface area contributed by atoms with Crippen LogP contribution >= 0.6 is 11.3 Å². The summed E-state index contributed by atoms with van der Waals surface area (Å²) < 4.78 is 5.28. The van der Waals surface area contributed by atoms with Crippen LogP contribution in [0.4, 0.5) is 5.13 Å². The van der Waals surface area contributed by atoms with Crippen molar-refractivity contribution in [3.05, 3.63) is 10.6 Å². The van der Waals surface area contributed by atoms with E-state index in [4.69, 9.17) is 9.72 Å². The standard InChI is InChI=1S/C15H28N4OS/c1-5-16-9-14-13(11-20-4)17-15(21-14)19(3)10-12-7-6-8-18(12)2/h12,16H,5-11H2,1-4H3. The molecule has 0 aliphatic carbocycles. The van der Waals surface area contributed by atoms with E-state index in [0.717, 1.165) is 30.5 Å². The van der Waals surface area contributed by atoms with Crippen molar-refractivity contribution in [3.8, 4) is 0 Å². The summed E-state index contributed by atoms with van der Waals surface area (Å²) in [5.74, 6) is 0. The summed E-state index contributed by atoms with van der Waals surface area (Å²) in [6.45, 7) is 6.84. The molecule has 1 atom stereocenters. The summed E-state index contributed by atoms with van der Waals surface area (Å²) >= 11 is 1.79. The SMILES string of the molecule is CCNCc1sc(N(C)CC2CCCN2C)nc1COC. The summed E-state index contributed by atoms with van der Waals surface area (Å²) in [5.41, 5.74) is 1.07. The van der Waals surface area contributed by atoms with Gasteiger partial charge in [0.2, 0.25) is 0 Å². The predicted octanol–water partition coefficient (Wildman–Crippen LogP) is 1.93. The maximum atomic E-state index is 5.28. The van der Waals surface area contributed by atoms with Crippen molar-refractivity contribution < 1.29 is 4.74 Å². The molecule has 2 heterocycles. The second-order valence-corrected chi connectivity index (χ2v) is 6.80. The summed E-state index contributed by atoms with van der Waals surface area (Å²) in [6, 6.07) is 0.655. The van der Waals surface area contributed by atoms with Gasteiger partial charge in [-0.1, -0.05) is 6.92 Å². The smallest absolute Gasteiger partial charge is 0.185 e. The second-order valence-electron chi connectivity index (χ2n) is 5.74. The maximum Gasteiger partial charge on any atom is 0.185 e. The molecule has 2 rings (SSSR count). The molecule has 1 saturated heterocycles. The number of hydrogen-bond donors (Lipinski definition) is 1. The van der Waals surface area contributed by atoms with Crippen molar-refractivity contribution in [2.24, 2.45) is 0 Å². The highest BCUT2D eigenvalue weighted by Crippen LogP contribution is 2.27. The minimum atomic E-state index is 0.592. The fourth-order valence-electron chi connectivity index (χ4n) is 2.76. The number of rotatable bonds is 8. The van der Waals surface area contributed by atoms with Gasteiger partial charge < -0.3 is 19.9 Å². The van der Waals surface area contributed by atoms with Gasteiger partial charge in [0, 0.05) is 38.2 Å². The molecule has 5 nitrogen and oxygen atoms in total. The first-order valence-corrected chi connectivity index (χ1v) is 8.57. The summed E-state index contributed by atoms with van der Waals surface area (Å²) in [6.07, 6.45) is 2.61. The Labute approximate surface area is 132 Å². The monoisotopic (exact) mass is 312 g/mol. The highest BCUT2D eigenvalue weighted by Gasteiger charge is 2.23. The number of anilines is 1. The lowest BCUT2D eigenvalue weighted by atomic mass is 10.2. The summed E-state index contributed by atoms with van der Waals surface area (Å²) in [4.78, 5) is 10.8. The first kappa shape index (κ1) is 16.7. The molecular weight excluding hydrogens is 284 g/mol. The van der Waals surface area contributed by atoms with Gasteiger partial charge in [-0.05, 0) is 33.0 Å². The Bertz CT molecular complexity index is 437. The van der Waals surface area contributed by atoms with Crippen molar-refractivity contribution in [1.82, 2.24) is 15.2 Å². The zero-order valence-corrected chi connectivity index (χ0v) is 14.5. The zero-order chi connectivity index (χ0) is 15.2. The van der Waals surface area contributed by atoms with Crippen LogP contribution in [0.1, 0.15) is 30.3 Å². The van der Waals surface area contributed by atoms with E-state index in [2.05, 4.69) is 36.1 Å². The molecule has 0 spiro atoms.